The van der Waals surface area contributed by atoms with Crippen molar-refractivity contribution < 1.29 is 29.4 Å². The molecule has 1 aliphatic heterocycles. The first-order valence-electron chi connectivity index (χ1n) is 9.87. The van der Waals surface area contributed by atoms with Crippen LogP contribution in [0.15, 0.2) is 41.8 Å². The lowest BCUT2D eigenvalue weighted by molar-refractivity contribution is 0.158. The van der Waals surface area contributed by atoms with Crippen LogP contribution in [0.5, 0.6) is 5.75 Å². The van der Waals surface area contributed by atoms with Gasteiger partial charge in [-0.05, 0) is 62.4 Å². The lowest BCUT2D eigenvalue weighted by atomic mass is 10.1. The van der Waals surface area contributed by atoms with Crippen LogP contribution in [0.4, 0.5) is 9.59 Å². The molecule has 0 atom stereocenters. The number of benzene rings is 1. The second-order valence-corrected chi connectivity index (χ2v) is 8.99. The number of nitrogens with one attached hydrogen (secondary N) is 1. The Kier molecular flexibility index (Phi) is 8.85. The van der Waals surface area contributed by atoms with Crippen LogP contribution in [0, 0.1) is 0 Å². The molecule has 2 rings (SSSR count). The molecule has 1 heterocycles. The molecule has 0 aromatic heterocycles. The van der Waals surface area contributed by atoms with E-state index in [1.54, 1.807) is 0 Å². The van der Waals surface area contributed by atoms with Crippen molar-refractivity contribution in [3.05, 3.63) is 42.2 Å². The van der Waals surface area contributed by atoms with E-state index in [0.717, 1.165) is 36.3 Å². The van der Waals surface area contributed by atoms with Gasteiger partial charge in [0.15, 0.2) is 0 Å². The first-order chi connectivity index (χ1) is 14.5. The predicted molar refractivity (Wildman–Crippen MR) is 117 cm³/mol. The fourth-order valence-corrected chi connectivity index (χ4v) is 4.69. The van der Waals surface area contributed by atoms with Crippen LogP contribution in [-0.4, -0.2) is 50.6 Å². The fourth-order valence-electron chi connectivity index (χ4n) is 2.90. The van der Waals surface area contributed by atoms with Gasteiger partial charge in [-0.2, -0.15) is 0 Å². The number of carbonyl (C=O) groups is 2. The number of carboxylic acid groups (broad SMARTS) is 2. The molecule has 1 aliphatic rings. The first-order valence-corrected chi connectivity index (χ1v) is 11.5. The summed E-state index contributed by atoms with van der Waals surface area (Å²) in [6.07, 6.45) is 5.88. The van der Waals surface area contributed by atoms with Crippen LogP contribution in [0.2, 0.25) is 0 Å². The van der Waals surface area contributed by atoms with Gasteiger partial charge in [-0.15, -0.1) is 0 Å². The Morgan fingerprint density at radius 3 is 2.40 bits per heavy atom. The van der Waals surface area contributed by atoms with Crippen LogP contribution >= 0.6 is 10.4 Å². The molecule has 0 saturated carbocycles. The summed E-state index contributed by atoms with van der Waals surface area (Å²) in [5, 5.41) is 20.1. The average Bonchev–Trinajstić information content (AvgIpc) is 3.17. The molecule has 0 unspecified atom stereocenters. The molecular weight excluding hydrogens is 410 g/mol. The first kappa shape index (κ1) is 23.4. The summed E-state index contributed by atoms with van der Waals surface area (Å²) in [5.41, 5.74) is 1.88. The Morgan fingerprint density at radius 2 is 1.80 bits per heavy atom. The van der Waals surface area contributed by atoms with E-state index in [-0.39, 0.29) is 0 Å². The molecule has 1 aromatic rings. The zero-order chi connectivity index (χ0) is 22.0. The molecule has 0 fully saturated rings. The van der Waals surface area contributed by atoms with Crippen molar-refractivity contribution in [1.82, 2.24) is 9.03 Å². The van der Waals surface area contributed by atoms with E-state index in [1.165, 1.54) is 16.7 Å². The van der Waals surface area contributed by atoms with Gasteiger partial charge in [-0.25, -0.2) is 9.59 Å². The van der Waals surface area contributed by atoms with E-state index >= 15 is 0 Å². The number of ether oxygens (including phenoxy) is 1. The molecule has 10 heteroatoms. The van der Waals surface area contributed by atoms with Gasteiger partial charge in [0.2, 0.25) is 0 Å². The highest BCUT2D eigenvalue weighted by atomic mass is 32.3. The molecule has 166 valence electrons. The SMILES string of the molecule is CCON=C(CC)c1ccc(OCCCCCN2C=CNS2(C(=O)O)C(=O)O)cc1. The maximum Gasteiger partial charge on any atom is 0.392 e. The highest BCUT2D eigenvalue weighted by Crippen LogP contribution is 2.52. The molecule has 0 spiro atoms. The second-order valence-electron chi connectivity index (χ2n) is 6.43. The highest BCUT2D eigenvalue weighted by molar-refractivity contribution is 8.52. The number of hydrogen-bond acceptors (Lipinski definition) is 7. The maximum atomic E-state index is 11.5. The summed E-state index contributed by atoms with van der Waals surface area (Å²) in [4.78, 5) is 28.1. The van der Waals surface area contributed by atoms with Crippen molar-refractivity contribution in [1.29, 1.82) is 0 Å². The van der Waals surface area contributed by atoms with Crippen molar-refractivity contribution in [2.75, 3.05) is 19.8 Å². The summed E-state index contributed by atoms with van der Waals surface area (Å²) in [7, 11) is -3.13. The lowest BCUT2D eigenvalue weighted by Crippen LogP contribution is -2.37. The Hall–Kier alpha value is -2.88. The molecule has 0 amide bonds. The smallest absolute Gasteiger partial charge is 0.392 e. The van der Waals surface area contributed by atoms with E-state index in [1.807, 2.05) is 38.1 Å². The lowest BCUT2D eigenvalue weighted by Gasteiger charge is -2.35. The molecule has 0 saturated heterocycles. The van der Waals surface area contributed by atoms with E-state index in [2.05, 4.69) is 9.88 Å². The number of unbranched alkanes of at least 4 members (excludes halogenated alkanes) is 2. The summed E-state index contributed by atoms with van der Waals surface area (Å²) >= 11 is 0. The Morgan fingerprint density at radius 1 is 1.10 bits per heavy atom. The third-order valence-electron chi connectivity index (χ3n) is 4.45. The van der Waals surface area contributed by atoms with Crippen molar-refractivity contribution in [2.45, 2.75) is 39.5 Å². The van der Waals surface area contributed by atoms with Crippen molar-refractivity contribution in [3.8, 4) is 5.75 Å². The Labute approximate surface area is 177 Å². The topological polar surface area (TPSA) is 121 Å². The summed E-state index contributed by atoms with van der Waals surface area (Å²) in [6, 6.07) is 7.68. The van der Waals surface area contributed by atoms with Gasteiger partial charge in [0.25, 0.3) is 0 Å². The molecule has 0 radical (unpaired) electrons. The van der Waals surface area contributed by atoms with Crippen LogP contribution in [0.3, 0.4) is 0 Å². The average molecular weight is 440 g/mol. The minimum atomic E-state index is -3.13. The standard InChI is InChI=1S/C20H29N3O6S/c1-3-18(22-29-4-2)16-8-10-17(11-9-16)28-15-7-5-6-13-23-14-12-21-30(23,19(24)25)20(26)27/h8-12,14,21H,3-7,13,15H2,1-2H3,(H,24,25)(H,26,27). The summed E-state index contributed by atoms with van der Waals surface area (Å²) in [5.74, 6) is 0.762. The third-order valence-corrected chi connectivity index (χ3v) is 6.95. The minimum absolute atomic E-state index is 0.352. The third kappa shape index (κ3) is 5.59. The quantitative estimate of drug-likeness (QED) is 0.256. The van der Waals surface area contributed by atoms with Crippen LogP contribution < -0.4 is 9.46 Å². The van der Waals surface area contributed by atoms with Crippen molar-refractivity contribution >= 4 is 26.7 Å². The highest BCUT2D eigenvalue weighted by Gasteiger charge is 2.47. The van der Waals surface area contributed by atoms with Gasteiger partial charge in [0.05, 0.1) is 12.3 Å². The van der Waals surface area contributed by atoms with Crippen LogP contribution in [0.1, 0.15) is 45.1 Å². The minimum Gasteiger partial charge on any atom is -0.494 e. The zero-order valence-corrected chi connectivity index (χ0v) is 18.1. The van der Waals surface area contributed by atoms with E-state index in [9.17, 15) is 19.8 Å². The largest absolute Gasteiger partial charge is 0.494 e. The molecule has 3 N–H and O–H groups in total. The van der Waals surface area contributed by atoms with Crippen LogP contribution in [0.25, 0.3) is 0 Å². The summed E-state index contributed by atoms with van der Waals surface area (Å²) in [6.45, 7) is 5.32. The number of oxime groups is 1. The second kappa shape index (κ2) is 11.3. The molecular formula is C20H29N3O6S. The molecule has 0 aliphatic carbocycles. The van der Waals surface area contributed by atoms with Crippen molar-refractivity contribution in [3.63, 3.8) is 0 Å². The number of hydrogen-bond donors (Lipinski definition) is 3. The van der Waals surface area contributed by atoms with Gasteiger partial charge in [0.1, 0.15) is 22.8 Å². The van der Waals surface area contributed by atoms with Gasteiger partial charge >= 0.3 is 10.6 Å². The fraction of sp³-hybridized carbons (Fsp3) is 0.450. The number of rotatable bonds is 11. The van der Waals surface area contributed by atoms with E-state index < -0.39 is 21.0 Å². The molecule has 30 heavy (non-hydrogen) atoms. The van der Waals surface area contributed by atoms with E-state index in [4.69, 9.17) is 9.57 Å². The summed E-state index contributed by atoms with van der Waals surface area (Å²) < 4.78 is 9.64. The monoisotopic (exact) mass is 439 g/mol. The molecule has 9 nitrogen and oxygen atoms in total. The Balaban J connectivity index is 1.74. The zero-order valence-electron chi connectivity index (χ0n) is 17.2. The Bertz CT molecular complexity index is 767. The van der Waals surface area contributed by atoms with E-state index in [0.29, 0.717) is 26.2 Å². The van der Waals surface area contributed by atoms with Gasteiger partial charge in [-0.3, -0.25) is 0 Å². The number of nitrogens with zero attached hydrogens (tertiary/aromatic N) is 2. The van der Waals surface area contributed by atoms with Gasteiger partial charge < -0.3 is 28.8 Å². The molecule has 1 aromatic carbocycles. The maximum absolute atomic E-state index is 11.5. The van der Waals surface area contributed by atoms with Crippen LogP contribution in [-0.2, 0) is 4.84 Å². The van der Waals surface area contributed by atoms with Crippen molar-refractivity contribution in [2.24, 2.45) is 5.16 Å². The normalized spacial score (nSPS) is 16.1. The molecule has 0 bridgehead atoms. The predicted octanol–water partition coefficient (Wildman–Crippen LogP) is 4.75. The van der Waals surface area contributed by atoms with Gasteiger partial charge in [0, 0.05) is 18.9 Å². The van der Waals surface area contributed by atoms with Gasteiger partial charge in [-0.1, -0.05) is 12.1 Å².